The number of rotatable bonds is 6. The van der Waals surface area contributed by atoms with Gasteiger partial charge in [-0.25, -0.2) is 21.8 Å². The largest absolute Gasteiger partial charge is 0.379 e. The predicted octanol–water partition coefficient (Wildman–Crippen LogP) is -1.64. The molecule has 3 aliphatic heterocycles. The molecule has 0 saturated carbocycles. The number of nitrogens with zero attached hydrogens (tertiary/aromatic N) is 5. The zero-order valence-electron chi connectivity index (χ0n) is 20.0. The Morgan fingerprint density at radius 2 is 1.74 bits per heavy atom. The Bertz CT molecular complexity index is 1120. The number of morpholine rings is 1. The Morgan fingerprint density at radius 3 is 2.37 bits per heavy atom. The lowest BCUT2D eigenvalue weighted by molar-refractivity contribution is -0.139. The van der Waals surface area contributed by atoms with Crippen LogP contribution < -0.4 is 5.73 Å². The average molecular weight is 531 g/mol. The van der Waals surface area contributed by atoms with Crippen LogP contribution in [0.4, 0.5) is 0 Å². The molecule has 35 heavy (non-hydrogen) atoms. The second-order valence-electron chi connectivity index (χ2n) is 9.25. The fourth-order valence-electron chi connectivity index (χ4n) is 4.96. The molecule has 2 N–H and O–H groups in total. The molecule has 0 unspecified atom stereocenters. The first-order valence-corrected chi connectivity index (χ1v) is 15.1. The maximum Gasteiger partial charge on any atom is 0.260 e. The molecule has 14 heteroatoms. The normalized spacial score (nSPS) is 26.1. The van der Waals surface area contributed by atoms with Crippen LogP contribution in [-0.4, -0.2) is 124 Å². The summed E-state index contributed by atoms with van der Waals surface area (Å²) in [5, 5.41) is -0.0731. The zero-order chi connectivity index (χ0) is 25.2. The van der Waals surface area contributed by atoms with E-state index in [1.165, 1.54) is 20.9 Å². The summed E-state index contributed by atoms with van der Waals surface area (Å²) in [6, 6.07) is 3.02. The quantitative estimate of drug-likeness (QED) is 0.457. The number of hydrogen-bond donors (Lipinski definition) is 1. The van der Waals surface area contributed by atoms with E-state index in [0.717, 1.165) is 6.26 Å². The van der Waals surface area contributed by atoms with Crippen molar-refractivity contribution in [2.75, 3.05) is 71.8 Å². The highest BCUT2D eigenvalue weighted by atomic mass is 32.2. The third-order valence-electron chi connectivity index (χ3n) is 6.96. The molecule has 3 saturated heterocycles. The van der Waals surface area contributed by atoms with E-state index in [1.807, 2.05) is 0 Å². The van der Waals surface area contributed by atoms with Crippen LogP contribution in [0.5, 0.6) is 0 Å². The maximum absolute atomic E-state index is 13.6. The van der Waals surface area contributed by atoms with Crippen molar-refractivity contribution in [2.45, 2.75) is 24.0 Å². The summed E-state index contributed by atoms with van der Waals surface area (Å²) in [5.41, 5.74) is 6.36. The van der Waals surface area contributed by atoms with Crippen LogP contribution in [0, 0.1) is 5.92 Å². The van der Waals surface area contributed by atoms with Crippen molar-refractivity contribution in [3.63, 3.8) is 0 Å². The van der Waals surface area contributed by atoms with Gasteiger partial charge in [-0.3, -0.25) is 9.69 Å². The SMILES string of the molecule is CS(=O)(=O)N1CCN(C(=O)[C@H]2C[C@@H](N3CCOCC3)CN(S(=O)(=O)c3cc(CN)ccn3)C2)CC1. The van der Waals surface area contributed by atoms with E-state index in [1.54, 1.807) is 11.0 Å². The molecule has 1 amide bonds. The highest BCUT2D eigenvalue weighted by molar-refractivity contribution is 7.89. The van der Waals surface area contributed by atoms with Crippen molar-refractivity contribution < 1.29 is 26.4 Å². The Kier molecular flexibility index (Phi) is 8.10. The van der Waals surface area contributed by atoms with Gasteiger partial charge < -0.3 is 15.4 Å². The topological polar surface area (TPSA) is 146 Å². The van der Waals surface area contributed by atoms with Gasteiger partial charge in [-0.05, 0) is 24.1 Å². The van der Waals surface area contributed by atoms with Crippen LogP contribution in [0.3, 0.4) is 0 Å². The average Bonchev–Trinajstić information content (AvgIpc) is 2.88. The molecule has 0 radical (unpaired) electrons. The number of nitrogens with two attached hydrogens (primary N) is 1. The molecular weight excluding hydrogens is 496 g/mol. The third-order valence-corrected chi connectivity index (χ3v) is 10.00. The van der Waals surface area contributed by atoms with Crippen LogP contribution in [0.2, 0.25) is 0 Å². The third kappa shape index (κ3) is 6.01. The number of sulfonamides is 2. The van der Waals surface area contributed by atoms with Gasteiger partial charge in [0.25, 0.3) is 10.0 Å². The molecule has 1 aromatic rings. The minimum Gasteiger partial charge on any atom is -0.379 e. The van der Waals surface area contributed by atoms with Crippen molar-refractivity contribution >= 4 is 26.0 Å². The standard InChI is InChI=1S/C21H34N6O6S2/c1-34(29,30)26-6-4-25(5-7-26)21(28)18-13-19(24-8-10-33-11-9-24)16-27(15-18)35(31,32)20-12-17(14-22)2-3-23-20/h2-3,12,18-19H,4-11,13-16,22H2,1H3/t18-,19+/m0/s1. The number of carbonyl (C=O) groups excluding carboxylic acids is 1. The number of piperidine rings is 1. The lowest BCUT2D eigenvalue weighted by atomic mass is 9.93. The Hall–Kier alpha value is -1.68. The van der Waals surface area contributed by atoms with E-state index in [9.17, 15) is 21.6 Å². The highest BCUT2D eigenvalue weighted by Gasteiger charge is 2.42. The van der Waals surface area contributed by atoms with E-state index in [4.69, 9.17) is 10.5 Å². The van der Waals surface area contributed by atoms with Gasteiger partial charge in [-0.1, -0.05) is 0 Å². The molecule has 12 nitrogen and oxygen atoms in total. The minimum atomic E-state index is -3.94. The van der Waals surface area contributed by atoms with Crippen molar-refractivity contribution in [1.29, 1.82) is 0 Å². The van der Waals surface area contributed by atoms with Gasteiger partial charge in [0.1, 0.15) is 0 Å². The fraction of sp³-hybridized carbons (Fsp3) is 0.714. The summed E-state index contributed by atoms with van der Waals surface area (Å²) in [6.45, 7) is 4.05. The molecule has 0 spiro atoms. The molecule has 2 atom stereocenters. The second kappa shape index (κ2) is 10.7. The predicted molar refractivity (Wildman–Crippen MR) is 128 cm³/mol. The number of amides is 1. The molecule has 0 bridgehead atoms. The number of carbonyl (C=O) groups is 1. The van der Waals surface area contributed by atoms with E-state index >= 15 is 0 Å². The molecule has 196 valence electrons. The Morgan fingerprint density at radius 1 is 1.06 bits per heavy atom. The molecular formula is C21H34N6O6S2. The van der Waals surface area contributed by atoms with Gasteiger partial charge in [0.15, 0.2) is 5.03 Å². The van der Waals surface area contributed by atoms with Crippen LogP contribution >= 0.6 is 0 Å². The first-order chi connectivity index (χ1) is 16.6. The lowest BCUT2D eigenvalue weighted by Crippen LogP contribution is -2.59. The molecule has 3 aliphatic rings. The summed E-state index contributed by atoms with van der Waals surface area (Å²) < 4.78 is 59.0. The number of aromatic nitrogens is 1. The first kappa shape index (κ1) is 26.4. The van der Waals surface area contributed by atoms with E-state index < -0.39 is 26.0 Å². The van der Waals surface area contributed by atoms with Crippen LogP contribution in [-0.2, 0) is 36.1 Å². The number of piperazine rings is 1. The van der Waals surface area contributed by atoms with Gasteiger partial charge in [0, 0.05) is 71.1 Å². The minimum absolute atomic E-state index is 0.0584. The van der Waals surface area contributed by atoms with Crippen molar-refractivity contribution in [3.8, 4) is 0 Å². The van der Waals surface area contributed by atoms with E-state index in [-0.39, 0.29) is 62.8 Å². The lowest BCUT2D eigenvalue weighted by Gasteiger charge is -2.44. The maximum atomic E-state index is 13.6. The van der Waals surface area contributed by atoms with E-state index in [0.29, 0.717) is 38.3 Å². The number of hydrogen-bond acceptors (Lipinski definition) is 9. The summed E-state index contributed by atoms with van der Waals surface area (Å²) in [7, 11) is -7.26. The molecule has 0 aliphatic carbocycles. The van der Waals surface area contributed by atoms with Gasteiger partial charge in [-0.15, -0.1) is 0 Å². The summed E-state index contributed by atoms with van der Waals surface area (Å²) in [4.78, 5) is 21.4. The summed E-state index contributed by atoms with van der Waals surface area (Å²) in [5.74, 6) is -0.672. The number of pyridine rings is 1. The molecule has 3 fully saturated rings. The number of ether oxygens (including phenoxy) is 1. The van der Waals surface area contributed by atoms with E-state index in [2.05, 4.69) is 9.88 Å². The Labute approximate surface area is 207 Å². The van der Waals surface area contributed by atoms with Crippen LogP contribution in [0.25, 0.3) is 0 Å². The summed E-state index contributed by atoms with van der Waals surface area (Å²) in [6.07, 6.45) is 3.13. The first-order valence-electron chi connectivity index (χ1n) is 11.8. The molecule has 0 aromatic carbocycles. The second-order valence-corrected chi connectivity index (χ2v) is 13.1. The van der Waals surface area contributed by atoms with Crippen molar-refractivity contribution in [1.82, 2.24) is 23.4 Å². The van der Waals surface area contributed by atoms with Gasteiger partial charge in [0.05, 0.1) is 25.4 Å². The van der Waals surface area contributed by atoms with Crippen LogP contribution in [0.1, 0.15) is 12.0 Å². The van der Waals surface area contributed by atoms with Gasteiger partial charge in [-0.2, -0.15) is 8.61 Å². The summed E-state index contributed by atoms with van der Waals surface area (Å²) >= 11 is 0. The van der Waals surface area contributed by atoms with Crippen molar-refractivity contribution in [2.24, 2.45) is 11.7 Å². The Balaban J connectivity index is 1.55. The van der Waals surface area contributed by atoms with Gasteiger partial charge >= 0.3 is 0 Å². The highest BCUT2D eigenvalue weighted by Crippen LogP contribution is 2.28. The molecule has 1 aromatic heterocycles. The fourth-order valence-corrected chi connectivity index (χ4v) is 7.29. The van der Waals surface area contributed by atoms with Crippen LogP contribution in [0.15, 0.2) is 23.4 Å². The zero-order valence-corrected chi connectivity index (χ0v) is 21.6. The molecule has 4 rings (SSSR count). The van der Waals surface area contributed by atoms with Crippen molar-refractivity contribution in [3.05, 3.63) is 23.9 Å². The monoisotopic (exact) mass is 530 g/mol. The molecule has 4 heterocycles. The van der Waals surface area contributed by atoms with Gasteiger partial charge in [0.2, 0.25) is 15.9 Å². The smallest absolute Gasteiger partial charge is 0.260 e.